The van der Waals surface area contributed by atoms with Crippen molar-refractivity contribution < 1.29 is 9.36 Å². The molecule has 1 aromatic carbocycles. The fraction of sp³-hybridized carbons (Fsp3) is 0.273. The number of para-hydroxylation sites is 2. The Kier molecular flexibility index (Phi) is 2.08. The number of Topliss-reactive ketones (excluding diaryl/α,β-unsaturated/α-hetero) is 1. The van der Waals surface area contributed by atoms with Gasteiger partial charge in [0, 0.05) is 0 Å². The Morgan fingerprint density at radius 3 is 2.86 bits per heavy atom. The number of benzene rings is 1. The predicted octanol–water partition coefficient (Wildman–Crippen LogP) is 1.05. The van der Waals surface area contributed by atoms with Crippen LogP contribution in [0.3, 0.4) is 0 Å². The van der Waals surface area contributed by atoms with Crippen molar-refractivity contribution in [2.24, 2.45) is 7.05 Å². The molecule has 2 aromatic rings. The molecule has 14 heavy (non-hydrogen) atoms. The number of aromatic nitrogens is 2. The molecule has 0 unspecified atom stereocenters. The third kappa shape index (κ3) is 1.41. The summed E-state index contributed by atoms with van der Waals surface area (Å²) in [6.45, 7) is 2.05. The molecule has 2 rings (SSSR count). The first-order valence-corrected chi connectivity index (χ1v) is 4.61. The van der Waals surface area contributed by atoms with Crippen LogP contribution >= 0.6 is 0 Å². The zero-order valence-electron chi connectivity index (χ0n) is 8.40. The normalized spacial score (nSPS) is 10.7. The van der Waals surface area contributed by atoms with Gasteiger partial charge >= 0.3 is 0 Å². The van der Waals surface area contributed by atoms with Crippen LogP contribution in [0.5, 0.6) is 0 Å². The molecule has 3 nitrogen and oxygen atoms in total. The van der Waals surface area contributed by atoms with Crippen LogP contribution in [-0.2, 0) is 18.4 Å². The highest BCUT2D eigenvalue weighted by molar-refractivity contribution is 5.78. The van der Waals surface area contributed by atoms with E-state index in [2.05, 4.69) is 0 Å². The molecule has 0 atom stereocenters. The minimum atomic E-state index is 0.173. The van der Waals surface area contributed by atoms with E-state index in [0.717, 1.165) is 11.0 Å². The van der Waals surface area contributed by atoms with Crippen molar-refractivity contribution in [2.45, 2.75) is 13.5 Å². The van der Waals surface area contributed by atoms with Crippen LogP contribution in [0.25, 0.3) is 11.0 Å². The zero-order valence-corrected chi connectivity index (χ0v) is 8.40. The molecular weight excluding hydrogens is 176 g/mol. The number of hydrogen-bond acceptors (Lipinski definition) is 1. The maximum atomic E-state index is 11.0. The Bertz CT molecular complexity index is 485. The maximum absolute atomic E-state index is 11.0. The van der Waals surface area contributed by atoms with E-state index in [1.807, 2.05) is 46.8 Å². The number of aryl methyl sites for hydroxylation is 1. The van der Waals surface area contributed by atoms with Crippen LogP contribution < -0.4 is 4.57 Å². The second-order valence-corrected chi connectivity index (χ2v) is 3.55. The summed E-state index contributed by atoms with van der Waals surface area (Å²) in [5, 5.41) is 0. The van der Waals surface area contributed by atoms with Gasteiger partial charge in [-0.05, 0) is 19.1 Å². The van der Waals surface area contributed by atoms with Crippen molar-refractivity contribution in [3.05, 3.63) is 30.6 Å². The molecule has 1 aromatic heterocycles. The predicted molar refractivity (Wildman–Crippen MR) is 53.8 cm³/mol. The molecule has 72 valence electrons. The van der Waals surface area contributed by atoms with Crippen molar-refractivity contribution in [2.75, 3.05) is 0 Å². The lowest BCUT2D eigenvalue weighted by atomic mass is 10.3. The minimum absolute atomic E-state index is 0.173. The molecule has 0 saturated carbocycles. The van der Waals surface area contributed by atoms with E-state index in [4.69, 9.17) is 0 Å². The highest BCUT2D eigenvalue weighted by atomic mass is 16.1. The largest absolute Gasteiger partial charge is 0.296 e. The summed E-state index contributed by atoms with van der Waals surface area (Å²) in [6, 6.07) is 8.06. The average molecular weight is 189 g/mol. The molecule has 0 fully saturated rings. The van der Waals surface area contributed by atoms with Gasteiger partial charge in [0.1, 0.15) is 6.54 Å². The van der Waals surface area contributed by atoms with Gasteiger partial charge in [-0.25, -0.2) is 9.13 Å². The Hall–Kier alpha value is -1.64. The van der Waals surface area contributed by atoms with Crippen LogP contribution in [0.2, 0.25) is 0 Å². The van der Waals surface area contributed by atoms with Crippen molar-refractivity contribution >= 4 is 16.8 Å². The third-order valence-electron chi connectivity index (χ3n) is 2.28. The van der Waals surface area contributed by atoms with E-state index < -0.39 is 0 Å². The number of hydrogen-bond donors (Lipinski definition) is 0. The Morgan fingerprint density at radius 1 is 1.43 bits per heavy atom. The molecule has 1 heterocycles. The molecular formula is C11H13N2O+. The Labute approximate surface area is 82.6 Å². The topological polar surface area (TPSA) is 25.9 Å². The van der Waals surface area contributed by atoms with Gasteiger partial charge in [-0.2, -0.15) is 0 Å². The molecule has 0 aliphatic carbocycles. The van der Waals surface area contributed by atoms with Crippen LogP contribution in [0.4, 0.5) is 0 Å². The SMILES string of the molecule is CC(=O)Cn1c[n+](C)c2ccccc21. The fourth-order valence-corrected chi connectivity index (χ4v) is 1.70. The summed E-state index contributed by atoms with van der Waals surface area (Å²) in [4.78, 5) is 11.0. The monoisotopic (exact) mass is 189 g/mol. The van der Waals surface area contributed by atoms with E-state index in [1.54, 1.807) is 6.92 Å². The standard InChI is InChI=1S/C11H13N2O/c1-9(14)7-13-8-12(2)10-5-3-4-6-11(10)13/h3-6,8H,7H2,1-2H3/q+1. The van der Waals surface area contributed by atoms with Crippen LogP contribution in [-0.4, -0.2) is 10.4 Å². The number of imidazole rings is 1. The first kappa shape index (κ1) is 8.94. The van der Waals surface area contributed by atoms with Gasteiger partial charge in [0.2, 0.25) is 6.33 Å². The van der Waals surface area contributed by atoms with Crippen molar-refractivity contribution in [1.82, 2.24) is 4.57 Å². The van der Waals surface area contributed by atoms with Gasteiger partial charge in [-0.3, -0.25) is 4.79 Å². The molecule has 0 aliphatic heterocycles. The fourth-order valence-electron chi connectivity index (χ4n) is 1.70. The molecule has 0 saturated heterocycles. The van der Waals surface area contributed by atoms with E-state index >= 15 is 0 Å². The number of nitrogens with zero attached hydrogens (tertiary/aromatic N) is 2. The summed E-state index contributed by atoms with van der Waals surface area (Å²) in [5.74, 6) is 0.173. The van der Waals surface area contributed by atoms with Crippen molar-refractivity contribution in [1.29, 1.82) is 0 Å². The molecule has 0 spiro atoms. The minimum Gasteiger partial charge on any atom is -0.296 e. The van der Waals surface area contributed by atoms with Crippen LogP contribution in [0.15, 0.2) is 30.6 Å². The molecule has 0 bridgehead atoms. The van der Waals surface area contributed by atoms with Crippen LogP contribution in [0, 0.1) is 0 Å². The summed E-state index contributed by atoms with van der Waals surface area (Å²) in [7, 11) is 1.99. The smallest absolute Gasteiger partial charge is 0.244 e. The lowest BCUT2D eigenvalue weighted by molar-refractivity contribution is -0.645. The summed E-state index contributed by atoms with van der Waals surface area (Å²) >= 11 is 0. The highest BCUT2D eigenvalue weighted by Crippen LogP contribution is 2.09. The van der Waals surface area contributed by atoms with Crippen molar-refractivity contribution in [3.8, 4) is 0 Å². The number of fused-ring (bicyclic) bond motifs is 1. The zero-order chi connectivity index (χ0) is 10.1. The quantitative estimate of drug-likeness (QED) is 0.648. The first-order valence-electron chi connectivity index (χ1n) is 4.61. The summed E-state index contributed by atoms with van der Waals surface area (Å²) < 4.78 is 4.00. The maximum Gasteiger partial charge on any atom is 0.244 e. The molecule has 0 radical (unpaired) electrons. The summed E-state index contributed by atoms with van der Waals surface area (Å²) in [5.41, 5.74) is 2.25. The van der Waals surface area contributed by atoms with E-state index in [9.17, 15) is 4.79 Å². The van der Waals surface area contributed by atoms with E-state index in [-0.39, 0.29) is 5.78 Å². The average Bonchev–Trinajstić information content (AvgIpc) is 2.44. The van der Waals surface area contributed by atoms with Gasteiger partial charge in [0.25, 0.3) is 0 Å². The summed E-state index contributed by atoms with van der Waals surface area (Å²) in [6.07, 6.45) is 1.95. The van der Waals surface area contributed by atoms with Gasteiger partial charge in [-0.15, -0.1) is 0 Å². The third-order valence-corrected chi connectivity index (χ3v) is 2.28. The Morgan fingerprint density at radius 2 is 2.14 bits per heavy atom. The number of carbonyl (C=O) groups is 1. The second kappa shape index (κ2) is 3.25. The first-order chi connectivity index (χ1) is 6.68. The van der Waals surface area contributed by atoms with E-state index in [1.165, 1.54) is 0 Å². The molecule has 0 N–H and O–H groups in total. The number of ketones is 1. The Balaban J connectivity index is 2.60. The lowest BCUT2D eigenvalue weighted by Crippen LogP contribution is -2.25. The molecule has 3 heteroatoms. The van der Waals surface area contributed by atoms with Crippen molar-refractivity contribution in [3.63, 3.8) is 0 Å². The number of rotatable bonds is 2. The van der Waals surface area contributed by atoms with Gasteiger partial charge in [0.05, 0.1) is 7.05 Å². The number of carbonyl (C=O) groups excluding carboxylic acids is 1. The highest BCUT2D eigenvalue weighted by Gasteiger charge is 2.12. The van der Waals surface area contributed by atoms with Gasteiger partial charge < -0.3 is 0 Å². The van der Waals surface area contributed by atoms with Crippen LogP contribution in [0.1, 0.15) is 6.92 Å². The lowest BCUT2D eigenvalue weighted by Gasteiger charge is -1.91. The van der Waals surface area contributed by atoms with Gasteiger partial charge in [-0.1, -0.05) is 12.1 Å². The second-order valence-electron chi connectivity index (χ2n) is 3.55. The molecule has 0 aliphatic rings. The molecule has 0 amide bonds. The van der Waals surface area contributed by atoms with E-state index in [0.29, 0.717) is 6.54 Å². The van der Waals surface area contributed by atoms with Gasteiger partial charge in [0.15, 0.2) is 16.8 Å².